The lowest BCUT2D eigenvalue weighted by Gasteiger charge is -2.05. The van der Waals surface area contributed by atoms with Crippen LogP contribution in [0, 0.1) is 11.8 Å². The summed E-state index contributed by atoms with van der Waals surface area (Å²) in [5.41, 5.74) is 0. The number of unbranched alkanes of at least 4 members (excludes halogenated alkanes) is 1. The van der Waals surface area contributed by atoms with Crippen LogP contribution < -0.4 is 0 Å². The molecule has 0 aromatic rings. The topological polar surface area (TPSA) is 43.4 Å². The molecule has 0 aromatic heterocycles. The van der Waals surface area contributed by atoms with E-state index in [2.05, 4.69) is 18.6 Å². The van der Waals surface area contributed by atoms with Gasteiger partial charge in [-0.05, 0) is 12.3 Å². The Morgan fingerprint density at radius 2 is 2.07 bits per heavy atom. The third kappa shape index (κ3) is 3.48. The van der Waals surface area contributed by atoms with Gasteiger partial charge >= 0.3 is 11.9 Å². The number of esters is 2. The molecule has 1 saturated heterocycles. The maximum absolute atomic E-state index is 11.1. The van der Waals surface area contributed by atoms with Crippen molar-refractivity contribution in [3.8, 4) is 0 Å². The molecule has 0 aliphatic carbocycles. The summed E-state index contributed by atoms with van der Waals surface area (Å²) in [6, 6.07) is 0. The fraction of sp³-hybridized carbons (Fsp3) is 0.818. The fourth-order valence-electron chi connectivity index (χ4n) is 1.68. The molecular weight excluding hydrogens is 180 g/mol. The summed E-state index contributed by atoms with van der Waals surface area (Å²) >= 11 is 0. The maximum atomic E-state index is 11.1. The second-order valence-electron chi connectivity index (χ2n) is 4.37. The molecule has 1 rings (SSSR count). The number of rotatable bonds is 5. The zero-order valence-corrected chi connectivity index (χ0v) is 8.91. The van der Waals surface area contributed by atoms with E-state index >= 15 is 0 Å². The molecule has 0 bridgehead atoms. The van der Waals surface area contributed by atoms with Crippen molar-refractivity contribution < 1.29 is 14.3 Å². The molecular formula is C11H18O3. The van der Waals surface area contributed by atoms with Crippen LogP contribution in [0.4, 0.5) is 0 Å². The van der Waals surface area contributed by atoms with E-state index in [1.807, 2.05) is 0 Å². The molecule has 0 amide bonds. The normalized spacial score (nSPS) is 21.8. The van der Waals surface area contributed by atoms with Crippen LogP contribution >= 0.6 is 0 Å². The maximum Gasteiger partial charge on any atom is 0.317 e. The van der Waals surface area contributed by atoms with Crippen LogP contribution in [0.3, 0.4) is 0 Å². The summed E-state index contributed by atoms with van der Waals surface area (Å²) in [6.07, 6.45) is 4.44. The minimum absolute atomic E-state index is 0.158. The Labute approximate surface area is 84.8 Å². The Morgan fingerprint density at radius 1 is 1.36 bits per heavy atom. The first-order valence-electron chi connectivity index (χ1n) is 5.34. The molecule has 3 heteroatoms. The number of hydrogen-bond acceptors (Lipinski definition) is 3. The molecule has 1 atom stereocenters. The van der Waals surface area contributed by atoms with Crippen molar-refractivity contribution in [2.75, 3.05) is 0 Å². The first-order chi connectivity index (χ1) is 6.59. The third-order valence-corrected chi connectivity index (χ3v) is 2.54. The number of hydrogen-bond donors (Lipinski definition) is 0. The molecule has 1 fully saturated rings. The molecule has 3 nitrogen and oxygen atoms in total. The Kier molecular flexibility index (Phi) is 4.11. The van der Waals surface area contributed by atoms with Gasteiger partial charge in [0.2, 0.25) is 0 Å². The quantitative estimate of drug-likeness (QED) is 0.387. The monoisotopic (exact) mass is 198 g/mol. The smallest absolute Gasteiger partial charge is 0.317 e. The van der Waals surface area contributed by atoms with E-state index in [0.717, 1.165) is 19.3 Å². The van der Waals surface area contributed by atoms with Crippen molar-refractivity contribution in [2.24, 2.45) is 11.8 Å². The third-order valence-electron chi connectivity index (χ3n) is 2.54. The fourth-order valence-corrected chi connectivity index (χ4v) is 1.68. The summed E-state index contributed by atoms with van der Waals surface area (Å²) in [5.74, 6) is -0.120. The van der Waals surface area contributed by atoms with Crippen LogP contribution in [-0.4, -0.2) is 11.9 Å². The van der Waals surface area contributed by atoms with Crippen LogP contribution in [0.15, 0.2) is 0 Å². The average molecular weight is 198 g/mol. The van der Waals surface area contributed by atoms with Crippen molar-refractivity contribution in [3.05, 3.63) is 0 Å². The molecule has 80 valence electrons. The average Bonchev–Trinajstić information content (AvgIpc) is 2.39. The summed E-state index contributed by atoms with van der Waals surface area (Å²) in [6.45, 7) is 4.38. The second-order valence-corrected chi connectivity index (χ2v) is 4.37. The first-order valence-corrected chi connectivity index (χ1v) is 5.34. The number of ether oxygens (including phenoxy) is 1. The zero-order valence-electron chi connectivity index (χ0n) is 8.91. The van der Waals surface area contributed by atoms with Gasteiger partial charge < -0.3 is 4.74 Å². The Bertz CT molecular complexity index is 221. The summed E-state index contributed by atoms with van der Waals surface area (Å²) < 4.78 is 4.47. The predicted molar refractivity (Wildman–Crippen MR) is 52.5 cm³/mol. The van der Waals surface area contributed by atoms with Gasteiger partial charge in [-0.3, -0.25) is 9.59 Å². The van der Waals surface area contributed by atoms with Gasteiger partial charge in [-0.25, -0.2) is 0 Å². The molecule has 0 N–H and O–H groups in total. The van der Waals surface area contributed by atoms with Gasteiger partial charge in [-0.2, -0.15) is 0 Å². The van der Waals surface area contributed by atoms with Crippen LogP contribution in [0.25, 0.3) is 0 Å². The van der Waals surface area contributed by atoms with Crippen molar-refractivity contribution in [1.29, 1.82) is 0 Å². The van der Waals surface area contributed by atoms with E-state index in [4.69, 9.17) is 0 Å². The van der Waals surface area contributed by atoms with Crippen LogP contribution in [-0.2, 0) is 14.3 Å². The molecule has 1 aliphatic heterocycles. The van der Waals surface area contributed by atoms with E-state index < -0.39 is 0 Å². The molecule has 0 saturated carbocycles. The number of carbonyl (C=O) groups excluding carboxylic acids is 2. The first kappa shape index (κ1) is 11.2. The number of carbonyl (C=O) groups is 2. The molecule has 1 heterocycles. The van der Waals surface area contributed by atoms with Crippen molar-refractivity contribution in [3.63, 3.8) is 0 Å². The van der Waals surface area contributed by atoms with Crippen molar-refractivity contribution in [2.45, 2.75) is 46.0 Å². The molecule has 1 unspecified atom stereocenters. The highest BCUT2D eigenvalue weighted by molar-refractivity contribution is 5.94. The van der Waals surface area contributed by atoms with Gasteiger partial charge in [-0.1, -0.05) is 33.1 Å². The Hall–Kier alpha value is -0.860. The molecule has 14 heavy (non-hydrogen) atoms. The minimum Gasteiger partial charge on any atom is -0.393 e. The van der Waals surface area contributed by atoms with Crippen LogP contribution in [0.2, 0.25) is 0 Å². The summed E-state index contributed by atoms with van der Waals surface area (Å²) in [5, 5.41) is 0. The molecule has 1 aliphatic rings. The molecule has 0 aromatic carbocycles. The van der Waals surface area contributed by atoms with Crippen LogP contribution in [0.1, 0.15) is 46.0 Å². The Balaban J connectivity index is 2.13. The lowest BCUT2D eigenvalue weighted by Crippen LogP contribution is -2.07. The van der Waals surface area contributed by atoms with E-state index in [1.54, 1.807) is 0 Å². The van der Waals surface area contributed by atoms with E-state index in [0.29, 0.717) is 12.3 Å². The van der Waals surface area contributed by atoms with Gasteiger partial charge in [-0.15, -0.1) is 0 Å². The lowest BCUT2D eigenvalue weighted by molar-refractivity contribution is -0.153. The number of cyclic esters (lactones) is 2. The minimum atomic E-state index is -0.358. The van der Waals surface area contributed by atoms with E-state index in [1.165, 1.54) is 6.42 Å². The van der Waals surface area contributed by atoms with Gasteiger partial charge in [0.1, 0.15) is 0 Å². The van der Waals surface area contributed by atoms with Crippen molar-refractivity contribution in [1.82, 2.24) is 0 Å². The molecule has 0 radical (unpaired) electrons. The van der Waals surface area contributed by atoms with Gasteiger partial charge in [0.25, 0.3) is 0 Å². The standard InChI is InChI=1S/C11H18O3/c1-8(2)5-3-4-6-9-7-10(12)14-11(9)13/h8-9H,3-7H2,1-2H3. The van der Waals surface area contributed by atoms with Crippen molar-refractivity contribution >= 4 is 11.9 Å². The Morgan fingerprint density at radius 3 is 2.57 bits per heavy atom. The largest absolute Gasteiger partial charge is 0.393 e. The van der Waals surface area contributed by atoms with Gasteiger partial charge in [0.15, 0.2) is 0 Å². The SMILES string of the molecule is CC(C)CCCCC1CC(=O)OC1=O. The second kappa shape index (κ2) is 5.13. The van der Waals surface area contributed by atoms with Crippen LogP contribution in [0.5, 0.6) is 0 Å². The molecule has 0 spiro atoms. The summed E-state index contributed by atoms with van der Waals surface area (Å²) in [4.78, 5) is 21.8. The van der Waals surface area contributed by atoms with E-state index in [-0.39, 0.29) is 17.9 Å². The predicted octanol–water partition coefficient (Wildman–Crippen LogP) is 2.29. The van der Waals surface area contributed by atoms with Gasteiger partial charge in [0, 0.05) is 0 Å². The summed E-state index contributed by atoms with van der Waals surface area (Å²) in [7, 11) is 0. The highest BCUT2D eigenvalue weighted by Crippen LogP contribution is 2.22. The lowest BCUT2D eigenvalue weighted by atomic mass is 9.98. The van der Waals surface area contributed by atoms with E-state index in [9.17, 15) is 9.59 Å². The highest BCUT2D eigenvalue weighted by Gasteiger charge is 2.32. The van der Waals surface area contributed by atoms with Gasteiger partial charge in [0.05, 0.1) is 12.3 Å². The zero-order chi connectivity index (χ0) is 10.6. The highest BCUT2D eigenvalue weighted by atomic mass is 16.6.